The smallest absolute Gasteiger partial charge is 0.365 e. The molecule has 170 valence electrons. The van der Waals surface area contributed by atoms with E-state index in [1.54, 1.807) is 18.2 Å². The standard InChI is InChI=1S/C22H24F3N5O2/c1-30(2)10-4-3-5-17(31)14-7-6-13-11-16(28-15(13)12-14)19(20(26)32)21-27-9-8-18(29-21)22(23,24)25/h6-9,12,28H,3-5,10-11H2,1-2H3,(H2,26,32)/b19-16-. The molecule has 10 heteroatoms. The molecule has 0 atom stereocenters. The Morgan fingerprint density at radius 2 is 1.94 bits per heavy atom. The number of Topliss-reactive ketones (excluding diaryl/α,β-unsaturated/α-hetero) is 1. The number of allylic oxidation sites excluding steroid dienone is 1. The third-order valence-corrected chi connectivity index (χ3v) is 5.06. The molecule has 0 unspecified atom stereocenters. The fourth-order valence-corrected chi connectivity index (χ4v) is 3.46. The van der Waals surface area contributed by atoms with Crippen molar-refractivity contribution in [3.8, 4) is 0 Å². The van der Waals surface area contributed by atoms with Gasteiger partial charge in [-0.1, -0.05) is 12.1 Å². The van der Waals surface area contributed by atoms with Crippen LogP contribution in [0.1, 0.15) is 46.7 Å². The number of unbranched alkanes of at least 4 members (excludes halogenated alkanes) is 1. The first-order valence-corrected chi connectivity index (χ1v) is 10.1. The monoisotopic (exact) mass is 447 g/mol. The molecule has 1 aliphatic rings. The summed E-state index contributed by atoms with van der Waals surface area (Å²) in [6.45, 7) is 0.903. The number of carbonyl (C=O) groups excluding carboxylic acids is 2. The van der Waals surface area contributed by atoms with E-state index in [9.17, 15) is 22.8 Å². The summed E-state index contributed by atoms with van der Waals surface area (Å²) in [5.41, 5.74) is 6.28. The van der Waals surface area contributed by atoms with Crippen LogP contribution >= 0.6 is 0 Å². The van der Waals surface area contributed by atoms with Gasteiger partial charge in [-0.2, -0.15) is 13.2 Å². The lowest BCUT2D eigenvalue weighted by atomic mass is 10.0. The third kappa shape index (κ3) is 5.50. The van der Waals surface area contributed by atoms with Gasteiger partial charge in [-0.15, -0.1) is 0 Å². The first kappa shape index (κ1) is 23.4. The fraction of sp³-hybridized carbons (Fsp3) is 0.364. The van der Waals surface area contributed by atoms with Gasteiger partial charge in [0, 0.05) is 36.0 Å². The summed E-state index contributed by atoms with van der Waals surface area (Å²) in [7, 11) is 3.95. The highest BCUT2D eigenvalue weighted by molar-refractivity contribution is 6.19. The molecule has 1 aromatic carbocycles. The first-order valence-electron chi connectivity index (χ1n) is 10.1. The second-order valence-electron chi connectivity index (χ2n) is 7.84. The molecule has 2 heterocycles. The average molecular weight is 447 g/mol. The summed E-state index contributed by atoms with van der Waals surface area (Å²) in [6, 6.07) is 5.87. The number of nitrogens with one attached hydrogen (secondary N) is 1. The summed E-state index contributed by atoms with van der Waals surface area (Å²) in [5, 5.41) is 3.01. The van der Waals surface area contributed by atoms with Gasteiger partial charge >= 0.3 is 6.18 Å². The van der Waals surface area contributed by atoms with Crippen LogP contribution < -0.4 is 11.1 Å². The highest BCUT2D eigenvalue weighted by atomic mass is 19.4. The molecule has 0 saturated carbocycles. The van der Waals surface area contributed by atoms with Crippen LogP contribution in [-0.4, -0.2) is 47.2 Å². The van der Waals surface area contributed by atoms with Gasteiger partial charge in [0.05, 0.1) is 0 Å². The van der Waals surface area contributed by atoms with Crippen LogP contribution in [0.25, 0.3) is 5.57 Å². The Balaban J connectivity index is 1.83. The van der Waals surface area contributed by atoms with Gasteiger partial charge in [0.25, 0.3) is 5.91 Å². The molecule has 0 fully saturated rings. The van der Waals surface area contributed by atoms with E-state index in [-0.39, 0.29) is 17.8 Å². The quantitative estimate of drug-likeness (QED) is 0.366. The number of aromatic nitrogens is 2. The summed E-state index contributed by atoms with van der Waals surface area (Å²) >= 11 is 0. The minimum Gasteiger partial charge on any atom is -0.365 e. The van der Waals surface area contributed by atoms with E-state index in [2.05, 4.69) is 20.2 Å². The molecule has 1 amide bonds. The van der Waals surface area contributed by atoms with Crippen LogP contribution in [-0.2, 0) is 17.4 Å². The van der Waals surface area contributed by atoms with Crippen molar-refractivity contribution in [3.05, 3.63) is 58.8 Å². The Morgan fingerprint density at radius 3 is 2.59 bits per heavy atom. The number of fused-ring (bicyclic) bond motifs is 1. The van der Waals surface area contributed by atoms with Gasteiger partial charge in [-0.25, -0.2) is 9.97 Å². The maximum atomic E-state index is 13.0. The number of rotatable bonds is 8. The Labute approximate surface area is 183 Å². The molecular formula is C22H24F3N5O2. The number of hydrogen-bond acceptors (Lipinski definition) is 6. The lowest BCUT2D eigenvalue weighted by Gasteiger charge is -2.10. The molecular weight excluding hydrogens is 423 g/mol. The van der Waals surface area contributed by atoms with E-state index in [4.69, 9.17) is 5.73 Å². The topological polar surface area (TPSA) is 101 Å². The summed E-state index contributed by atoms with van der Waals surface area (Å²) in [4.78, 5) is 33.9. The number of alkyl halides is 3. The van der Waals surface area contributed by atoms with Crippen LogP contribution in [0.15, 0.2) is 36.2 Å². The minimum atomic E-state index is -4.68. The van der Waals surface area contributed by atoms with Gasteiger partial charge in [0.15, 0.2) is 11.6 Å². The van der Waals surface area contributed by atoms with Crippen LogP contribution in [0.3, 0.4) is 0 Å². The Bertz CT molecular complexity index is 1060. The van der Waals surface area contributed by atoms with Gasteiger partial charge in [-0.05, 0) is 51.2 Å². The summed E-state index contributed by atoms with van der Waals surface area (Å²) < 4.78 is 39.1. The molecule has 0 saturated heterocycles. The predicted molar refractivity (Wildman–Crippen MR) is 114 cm³/mol. The van der Waals surface area contributed by atoms with E-state index in [0.29, 0.717) is 23.4 Å². The third-order valence-electron chi connectivity index (χ3n) is 5.06. The van der Waals surface area contributed by atoms with Crippen molar-refractivity contribution in [2.45, 2.75) is 31.9 Å². The predicted octanol–water partition coefficient (Wildman–Crippen LogP) is 3.27. The molecule has 1 aliphatic heterocycles. The Kier molecular flexibility index (Phi) is 6.93. The lowest BCUT2D eigenvalue weighted by Crippen LogP contribution is -2.20. The van der Waals surface area contributed by atoms with E-state index in [1.807, 2.05) is 14.1 Å². The molecule has 32 heavy (non-hydrogen) atoms. The Morgan fingerprint density at radius 1 is 1.19 bits per heavy atom. The number of anilines is 1. The number of carbonyl (C=O) groups is 2. The highest BCUT2D eigenvalue weighted by Gasteiger charge is 2.34. The zero-order valence-corrected chi connectivity index (χ0v) is 17.8. The summed E-state index contributed by atoms with van der Waals surface area (Å²) in [5.74, 6) is -1.35. The molecule has 0 spiro atoms. The van der Waals surface area contributed by atoms with E-state index in [1.165, 1.54) is 0 Å². The van der Waals surface area contributed by atoms with Crippen molar-refractivity contribution in [3.63, 3.8) is 0 Å². The van der Waals surface area contributed by atoms with Gasteiger partial charge in [0.2, 0.25) is 0 Å². The van der Waals surface area contributed by atoms with E-state index in [0.717, 1.165) is 37.2 Å². The van der Waals surface area contributed by atoms with E-state index < -0.39 is 23.6 Å². The number of halogens is 3. The molecule has 3 N–H and O–H groups in total. The number of ketones is 1. The highest BCUT2D eigenvalue weighted by Crippen LogP contribution is 2.34. The van der Waals surface area contributed by atoms with Crippen molar-refractivity contribution in [1.29, 1.82) is 0 Å². The number of primary amides is 1. The molecule has 7 nitrogen and oxygen atoms in total. The molecule has 2 aromatic rings. The number of hydrogen-bond donors (Lipinski definition) is 2. The normalized spacial score (nSPS) is 14.8. The number of benzene rings is 1. The maximum absolute atomic E-state index is 13.0. The second kappa shape index (κ2) is 9.47. The average Bonchev–Trinajstić information content (AvgIpc) is 3.12. The van der Waals surface area contributed by atoms with Gasteiger partial charge in [-0.3, -0.25) is 9.59 Å². The molecule has 0 bridgehead atoms. The summed E-state index contributed by atoms with van der Waals surface area (Å²) in [6.07, 6.45) is -1.42. The number of amides is 1. The maximum Gasteiger partial charge on any atom is 0.433 e. The lowest BCUT2D eigenvalue weighted by molar-refractivity contribution is -0.141. The van der Waals surface area contributed by atoms with Crippen molar-refractivity contribution in [1.82, 2.24) is 14.9 Å². The van der Waals surface area contributed by atoms with Crippen molar-refractivity contribution in [2.24, 2.45) is 5.73 Å². The molecule has 0 radical (unpaired) electrons. The van der Waals surface area contributed by atoms with Crippen LogP contribution in [0.2, 0.25) is 0 Å². The van der Waals surface area contributed by atoms with Crippen molar-refractivity contribution in [2.75, 3.05) is 26.0 Å². The number of nitrogens with two attached hydrogens (primary N) is 1. The Hall–Kier alpha value is -3.27. The van der Waals surface area contributed by atoms with E-state index >= 15 is 0 Å². The zero-order chi connectivity index (χ0) is 23.5. The van der Waals surface area contributed by atoms with Crippen LogP contribution in [0.5, 0.6) is 0 Å². The molecule has 0 aliphatic carbocycles. The van der Waals surface area contributed by atoms with Gasteiger partial charge < -0.3 is 16.0 Å². The molecule has 1 aromatic heterocycles. The zero-order valence-electron chi connectivity index (χ0n) is 17.8. The first-order chi connectivity index (χ1) is 15.1. The van der Waals surface area contributed by atoms with Crippen LogP contribution in [0, 0.1) is 0 Å². The largest absolute Gasteiger partial charge is 0.433 e. The minimum absolute atomic E-state index is 0.00196. The molecule has 3 rings (SSSR count). The fourth-order valence-electron chi connectivity index (χ4n) is 3.46. The van der Waals surface area contributed by atoms with Crippen molar-refractivity contribution < 1.29 is 22.8 Å². The van der Waals surface area contributed by atoms with Crippen LogP contribution in [0.4, 0.5) is 18.9 Å². The number of nitrogens with zero attached hydrogens (tertiary/aromatic N) is 3. The van der Waals surface area contributed by atoms with Crippen molar-refractivity contribution >= 4 is 23.0 Å². The second-order valence-corrected chi connectivity index (χ2v) is 7.84. The van der Waals surface area contributed by atoms with Gasteiger partial charge in [0.1, 0.15) is 11.3 Å². The SMILES string of the molecule is CN(C)CCCCC(=O)c1ccc2c(c1)N/C(=C(/C(N)=O)c1nccc(C(F)(F)F)n1)C2.